The summed E-state index contributed by atoms with van der Waals surface area (Å²) in [7, 11) is 6.58. The highest BCUT2D eigenvalue weighted by Crippen LogP contribution is 2.55. The first kappa shape index (κ1) is 49.3. The monoisotopic (exact) mass is 1110 g/mol. The number of H-pyrrole nitrogens is 2. The van der Waals surface area contributed by atoms with Crippen LogP contribution in [-0.4, -0.2) is 59.8 Å². The van der Waals surface area contributed by atoms with E-state index in [2.05, 4.69) is 34.2 Å². The van der Waals surface area contributed by atoms with Crippen LogP contribution in [0.4, 0.5) is 0 Å². The molecule has 2 N–H and O–H groups in total. The van der Waals surface area contributed by atoms with E-state index < -0.39 is 24.0 Å². The summed E-state index contributed by atoms with van der Waals surface area (Å²) in [5, 5.41) is 11.4. The van der Waals surface area contributed by atoms with Gasteiger partial charge in [0.15, 0.2) is 12.2 Å². The Kier molecular flexibility index (Phi) is 12.6. The number of ether oxygens (including phenoxy) is 4. The molecular weight excluding hydrogens is 1070 g/mol. The smallest absolute Gasteiger partial charge is 0.184 e. The summed E-state index contributed by atoms with van der Waals surface area (Å²) in [6, 6.07) is 50.6. The Labute approximate surface area is 467 Å². The lowest BCUT2D eigenvalue weighted by Crippen LogP contribution is -2.14. The van der Waals surface area contributed by atoms with Crippen LogP contribution in [0.15, 0.2) is 168 Å². The number of aromatic nitrogens is 4. The Hall–Kier alpha value is -8.26. The van der Waals surface area contributed by atoms with Crippen molar-refractivity contribution in [2.75, 3.05) is 28.4 Å². The Morgan fingerprint density at radius 3 is 0.885 bits per heavy atom. The van der Waals surface area contributed by atoms with Crippen LogP contribution in [0.2, 0.25) is 20.1 Å². The van der Waals surface area contributed by atoms with Crippen LogP contribution in [0.1, 0.15) is 57.9 Å². The molecule has 386 valence electrons. The van der Waals surface area contributed by atoms with Gasteiger partial charge in [-0.15, -0.1) is 0 Å². The second-order valence-corrected chi connectivity index (χ2v) is 20.5. The van der Waals surface area contributed by atoms with Gasteiger partial charge in [-0.25, -0.2) is 0 Å². The van der Waals surface area contributed by atoms with Crippen LogP contribution in [-0.2, 0) is 9.68 Å². The quantitative estimate of drug-likeness (QED) is 0.138. The van der Waals surface area contributed by atoms with Gasteiger partial charge in [0.1, 0.15) is 34.4 Å². The maximum absolute atomic E-state index is 7.10. The third kappa shape index (κ3) is 8.21. The first-order valence-corrected chi connectivity index (χ1v) is 26.4. The summed E-state index contributed by atoms with van der Waals surface area (Å²) in [4.78, 5) is 32.7. The second-order valence-electron chi connectivity index (χ2n) is 18.9. The Bertz CT molecular complexity index is 3800. The number of aromatic amines is 2. The molecule has 6 aromatic carbocycles. The minimum atomic E-state index is -0.762. The SMILES string of the molecule is COc1ccc(-c2c3nc(c(-c4ccc(OC)cc4)c4ccc([nH]4)c(-c4ccc(OC)cc4)c4nc(c(-c5ccc(OC)cc5)c5ccc2[nH]5)C2C(c5c(Cl)cccc5Cl)=NOC42)C2C(c4c(Cl)cccc4Cl)=NOC32)cc1. The number of rotatable bonds is 10. The number of hydrogen-bond donors (Lipinski definition) is 2. The number of hydrogen-bond acceptors (Lipinski definition) is 10. The molecule has 13 rings (SSSR count). The van der Waals surface area contributed by atoms with Crippen LogP contribution in [0.25, 0.3) is 66.6 Å². The van der Waals surface area contributed by atoms with Crippen LogP contribution in [0.3, 0.4) is 0 Å². The minimum absolute atomic E-state index is 0.420. The molecule has 4 atom stereocenters. The summed E-state index contributed by atoms with van der Waals surface area (Å²) in [6.07, 6.45) is -1.52. The molecule has 12 nitrogen and oxygen atoms in total. The van der Waals surface area contributed by atoms with Crippen molar-refractivity contribution >= 4 is 79.9 Å². The van der Waals surface area contributed by atoms with Gasteiger partial charge in [-0.2, -0.15) is 0 Å². The number of nitrogens with one attached hydrogen (secondary N) is 2. The first-order valence-electron chi connectivity index (χ1n) is 24.9. The lowest BCUT2D eigenvalue weighted by molar-refractivity contribution is 0.0799. The number of fused-ring (bicyclic) bond motifs is 14. The predicted molar refractivity (Wildman–Crippen MR) is 308 cm³/mol. The normalized spacial score (nSPS) is 17.1. The average molecular weight is 1110 g/mol. The Balaban J connectivity index is 1.23. The lowest BCUT2D eigenvalue weighted by atomic mass is 9.85. The molecule has 8 bridgehead atoms. The molecule has 4 unspecified atom stereocenters. The van der Waals surface area contributed by atoms with Crippen LogP contribution < -0.4 is 18.9 Å². The zero-order valence-electron chi connectivity index (χ0n) is 42.1. The molecule has 3 aromatic heterocycles. The summed E-state index contributed by atoms with van der Waals surface area (Å²) >= 11 is 28.4. The van der Waals surface area contributed by atoms with Crippen LogP contribution in [0.5, 0.6) is 23.0 Å². The van der Waals surface area contributed by atoms with Crippen molar-refractivity contribution in [3.63, 3.8) is 0 Å². The van der Waals surface area contributed by atoms with Crippen LogP contribution in [0, 0.1) is 0 Å². The predicted octanol–water partition coefficient (Wildman–Crippen LogP) is 16.1. The number of nitrogens with zero attached hydrogens (tertiary/aromatic N) is 4. The van der Waals surface area contributed by atoms with E-state index in [-0.39, 0.29) is 0 Å². The molecule has 0 radical (unpaired) electrons. The van der Waals surface area contributed by atoms with E-state index in [1.165, 1.54) is 0 Å². The topological polar surface area (TPSA) is 137 Å². The average Bonchev–Trinajstić information content (AvgIpc) is 4.54. The number of oxime groups is 2. The summed E-state index contributed by atoms with van der Waals surface area (Å²) in [5.41, 5.74) is 14.0. The molecule has 0 saturated carbocycles. The van der Waals surface area contributed by atoms with E-state index in [4.69, 9.17) is 95.3 Å². The van der Waals surface area contributed by atoms with E-state index in [1.807, 2.05) is 109 Å². The van der Waals surface area contributed by atoms with E-state index in [0.29, 0.717) is 88.4 Å². The molecule has 78 heavy (non-hydrogen) atoms. The van der Waals surface area contributed by atoms with Gasteiger partial charge in [-0.3, -0.25) is 9.97 Å². The van der Waals surface area contributed by atoms with Gasteiger partial charge in [-0.05, 0) is 119 Å². The fourth-order valence-electron chi connectivity index (χ4n) is 11.1. The fraction of sp³-hybridized carbons (Fsp3) is 0.129. The van der Waals surface area contributed by atoms with Gasteiger partial charge in [0.2, 0.25) is 0 Å². The van der Waals surface area contributed by atoms with Gasteiger partial charge in [0.05, 0.1) is 83.1 Å². The van der Waals surface area contributed by atoms with Crippen molar-refractivity contribution < 1.29 is 28.6 Å². The van der Waals surface area contributed by atoms with Gasteiger partial charge in [0, 0.05) is 55.4 Å². The molecule has 0 aliphatic carbocycles. The molecule has 16 heteroatoms. The zero-order chi connectivity index (χ0) is 53.3. The van der Waals surface area contributed by atoms with Gasteiger partial charge in [0.25, 0.3) is 0 Å². The van der Waals surface area contributed by atoms with Crippen molar-refractivity contribution in [1.29, 1.82) is 0 Å². The number of halogens is 4. The van der Waals surface area contributed by atoms with Crippen LogP contribution >= 0.6 is 46.4 Å². The molecule has 0 amide bonds. The zero-order valence-corrected chi connectivity index (χ0v) is 45.1. The summed E-state index contributed by atoms with van der Waals surface area (Å²) in [6.45, 7) is 0. The van der Waals surface area contributed by atoms with Crippen molar-refractivity contribution in [3.8, 4) is 67.5 Å². The van der Waals surface area contributed by atoms with E-state index in [0.717, 1.165) is 66.6 Å². The standard InChI is InChI=1S/C62H44Cl4N6O6/c1-73-35-19-11-31(12-20-35)47-43-27-29-45(67-43)49(33-15-23-37(75-3)24-16-33)60-62-54(58(72-78-62)52-41(65)9-6-10-42(52)66)56(70-60)48(32-13-21-36(74-2)22-14-32)44-28-30-46(68-44)50(34-17-25-38(76-4)26-18-34)59-61-53(55(47)69-59)57(71-77-61)51-39(63)7-5-8-40(51)64/h5-30,53-54,61-62,67-68H,1-4H3. The highest BCUT2D eigenvalue weighted by molar-refractivity contribution is 6.41. The molecule has 9 aromatic rings. The molecule has 4 aliphatic rings. The maximum Gasteiger partial charge on any atom is 0.184 e. The number of methoxy groups -OCH3 is 4. The van der Waals surface area contributed by atoms with Crippen molar-refractivity contribution in [2.45, 2.75) is 24.0 Å². The Morgan fingerprint density at radius 1 is 0.346 bits per heavy atom. The third-order valence-corrected chi connectivity index (χ3v) is 16.0. The van der Waals surface area contributed by atoms with Crippen molar-refractivity contribution in [1.82, 2.24) is 19.9 Å². The summed E-state index contributed by atoms with van der Waals surface area (Å²) in [5.74, 6) is 1.49. The molecule has 0 fully saturated rings. The second kappa shape index (κ2) is 20.0. The van der Waals surface area contributed by atoms with E-state index in [9.17, 15) is 0 Å². The summed E-state index contributed by atoms with van der Waals surface area (Å²) < 4.78 is 22.8. The maximum atomic E-state index is 7.10. The molecule has 4 aliphatic heterocycles. The minimum Gasteiger partial charge on any atom is -0.497 e. The third-order valence-electron chi connectivity index (χ3n) is 14.8. The van der Waals surface area contributed by atoms with Gasteiger partial charge < -0.3 is 38.6 Å². The molecule has 7 heterocycles. The van der Waals surface area contributed by atoms with E-state index >= 15 is 0 Å². The fourth-order valence-corrected chi connectivity index (χ4v) is 12.3. The Morgan fingerprint density at radius 2 is 0.615 bits per heavy atom. The number of benzene rings is 6. The lowest BCUT2D eigenvalue weighted by Gasteiger charge is -2.17. The van der Waals surface area contributed by atoms with Crippen molar-refractivity contribution in [2.24, 2.45) is 10.3 Å². The molecule has 0 saturated heterocycles. The largest absolute Gasteiger partial charge is 0.497 e. The van der Waals surface area contributed by atoms with E-state index in [1.54, 1.807) is 52.7 Å². The molecule has 0 spiro atoms. The highest BCUT2D eigenvalue weighted by atomic mass is 35.5. The molecular formula is C62H44Cl4N6O6. The van der Waals surface area contributed by atoms with Gasteiger partial charge in [-0.1, -0.05) is 117 Å². The van der Waals surface area contributed by atoms with Crippen molar-refractivity contribution in [3.05, 3.63) is 212 Å². The van der Waals surface area contributed by atoms with Gasteiger partial charge >= 0.3 is 0 Å². The highest BCUT2D eigenvalue weighted by Gasteiger charge is 2.49. The first-order chi connectivity index (χ1) is 38.1.